The number of amides is 2. The Morgan fingerprint density at radius 2 is 1.89 bits per heavy atom. The molecule has 3 N–H and O–H groups in total. The van der Waals surface area contributed by atoms with E-state index < -0.39 is 5.91 Å². The molecule has 0 aliphatic rings. The van der Waals surface area contributed by atoms with E-state index in [-0.39, 0.29) is 12.5 Å². The summed E-state index contributed by atoms with van der Waals surface area (Å²) in [5.41, 5.74) is 7.37. The van der Waals surface area contributed by atoms with E-state index in [4.69, 9.17) is 14.9 Å². The summed E-state index contributed by atoms with van der Waals surface area (Å²) in [6.45, 7) is 1.82. The number of nitrogens with two attached hydrogens (primary N) is 1. The number of ether oxygens (including phenoxy) is 1. The second-order valence-electron chi connectivity index (χ2n) is 5.89. The predicted octanol–water partition coefficient (Wildman–Crippen LogP) is 3.51. The second kappa shape index (κ2) is 8.23. The van der Waals surface area contributed by atoms with E-state index in [0.29, 0.717) is 11.4 Å². The number of rotatable bonds is 7. The van der Waals surface area contributed by atoms with Crippen LogP contribution in [-0.2, 0) is 16.0 Å². The van der Waals surface area contributed by atoms with Gasteiger partial charge in [-0.25, -0.2) is 0 Å². The van der Waals surface area contributed by atoms with Crippen LogP contribution in [0.15, 0.2) is 59.0 Å². The molecule has 0 unspecified atom stereocenters. The average molecular weight is 364 g/mol. The minimum atomic E-state index is -0.546. The smallest absolute Gasteiger partial charge is 0.255 e. The van der Waals surface area contributed by atoms with Gasteiger partial charge in [-0.15, -0.1) is 0 Å². The Labute approximate surface area is 156 Å². The minimum absolute atomic E-state index is 0.188. The fraction of sp³-hybridized carbons (Fsp3) is 0.143. The Kier molecular flexibility index (Phi) is 5.56. The molecule has 6 nitrogen and oxygen atoms in total. The Balaban J connectivity index is 1.68. The summed E-state index contributed by atoms with van der Waals surface area (Å²) in [5, 5.41) is 3.76. The lowest BCUT2D eigenvalue weighted by Crippen LogP contribution is -2.20. The van der Waals surface area contributed by atoms with Gasteiger partial charge in [0.1, 0.15) is 17.1 Å². The molecule has 0 fully saturated rings. The zero-order valence-corrected chi connectivity index (χ0v) is 14.9. The Morgan fingerprint density at radius 1 is 1.15 bits per heavy atom. The molecule has 0 spiro atoms. The van der Waals surface area contributed by atoms with E-state index in [1.54, 1.807) is 30.3 Å². The summed E-state index contributed by atoms with van der Waals surface area (Å²) in [7, 11) is 0. The molecule has 0 atom stereocenters. The molecule has 138 valence electrons. The number of carbonyl (C=O) groups is 2. The first kappa shape index (κ1) is 18.3. The van der Waals surface area contributed by atoms with Crippen molar-refractivity contribution < 1.29 is 18.7 Å². The lowest BCUT2D eigenvalue weighted by atomic mass is 10.1. The number of nitrogens with one attached hydrogen (secondary N) is 1. The van der Waals surface area contributed by atoms with Crippen molar-refractivity contribution in [3.05, 3.63) is 65.9 Å². The van der Waals surface area contributed by atoms with Crippen molar-refractivity contribution >= 4 is 34.5 Å². The van der Waals surface area contributed by atoms with Crippen LogP contribution in [0.1, 0.15) is 18.2 Å². The first-order valence-corrected chi connectivity index (χ1v) is 8.57. The molecule has 0 aliphatic heterocycles. The first-order valence-electron chi connectivity index (χ1n) is 8.57. The number of benzene rings is 2. The molecule has 3 aromatic rings. The van der Waals surface area contributed by atoms with Gasteiger partial charge < -0.3 is 20.2 Å². The number of furan rings is 1. The van der Waals surface area contributed by atoms with Crippen LogP contribution in [0.4, 0.5) is 5.69 Å². The number of hydrogen-bond acceptors (Lipinski definition) is 4. The minimum Gasteiger partial charge on any atom is -0.484 e. The molecule has 2 aromatic carbocycles. The molecule has 0 saturated heterocycles. The standard InChI is InChI=1S/C21H20N2O4/c1-2-18-17(16-5-3-4-6-19(16)27-18)11-12-21(25)23-14-7-9-15(10-8-14)26-13-20(22)24/h3-12H,2,13H2,1H3,(H2,22,24)(H,23,25)/b12-11+. The number of anilines is 1. The first-order chi connectivity index (χ1) is 13.1. The van der Waals surface area contributed by atoms with Crippen LogP contribution in [0.2, 0.25) is 0 Å². The van der Waals surface area contributed by atoms with Crippen molar-refractivity contribution in [2.24, 2.45) is 5.73 Å². The van der Waals surface area contributed by atoms with Crippen molar-refractivity contribution in [3.63, 3.8) is 0 Å². The molecular weight excluding hydrogens is 344 g/mol. The molecule has 0 bridgehead atoms. The molecule has 1 heterocycles. The molecule has 27 heavy (non-hydrogen) atoms. The number of aryl methyl sites for hydroxylation is 1. The highest BCUT2D eigenvalue weighted by Gasteiger charge is 2.10. The number of fused-ring (bicyclic) bond motifs is 1. The third-order valence-corrected chi connectivity index (χ3v) is 3.94. The van der Waals surface area contributed by atoms with Gasteiger partial charge in [-0.1, -0.05) is 25.1 Å². The molecule has 0 radical (unpaired) electrons. The summed E-state index contributed by atoms with van der Waals surface area (Å²) >= 11 is 0. The van der Waals surface area contributed by atoms with Gasteiger partial charge in [0.05, 0.1) is 0 Å². The highest BCUT2D eigenvalue weighted by molar-refractivity contribution is 6.03. The van der Waals surface area contributed by atoms with Crippen LogP contribution in [-0.4, -0.2) is 18.4 Å². The molecule has 0 aliphatic carbocycles. The molecular formula is C21H20N2O4. The van der Waals surface area contributed by atoms with Crippen LogP contribution in [0, 0.1) is 0 Å². The third kappa shape index (κ3) is 4.55. The lowest BCUT2D eigenvalue weighted by Gasteiger charge is -2.05. The summed E-state index contributed by atoms with van der Waals surface area (Å²) in [4.78, 5) is 22.9. The second-order valence-corrected chi connectivity index (χ2v) is 5.89. The number of primary amides is 1. The van der Waals surface area contributed by atoms with Crippen LogP contribution >= 0.6 is 0 Å². The maximum absolute atomic E-state index is 12.2. The normalized spacial score (nSPS) is 11.0. The number of hydrogen-bond donors (Lipinski definition) is 2. The average Bonchev–Trinajstić information content (AvgIpc) is 3.03. The van der Waals surface area contributed by atoms with Crippen molar-refractivity contribution in [1.82, 2.24) is 0 Å². The summed E-state index contributed by atoms with van der Waals surface area (Å²) in [5.74, 6) is 0.542. The quantitative estimate of drug-likeness (QED) is 0.627. The van der Waals surface area contributed by atoms with Crippen LogP contribution in [0.3, 0.4) is 0 Å². The summed E-state index contributed by atoms with van der Waals surface area (Å²) in [6, 6.07) is 14.4. The Bertz CT molecular complexity index is 987. The van der Waals surface area contributed by atoms with Crippen molar-refractivity contribution in [3.8, 4) is 5.75 Å². The van der Waals surface area contributed by atoms with E-state index in [1.165, 1.54) is 6.08 Å². The SMILES string of the molecule is CCc1oc2ccccc2c1/C=C/C(=O)Nc1ccc(OCC(N)=O)cc1. The number of carbonyl (C=O) groups excluding carboxylic acids is 2. The van der Waals surface area contributed by atoms with Gasteiger partial charge in [0.2, 0.25) is 5.91 Å². The van der Waals surface area contributed by atoms with E-state index in [0.717, 1.165) is 28.7 Å². The number of para-hydroxylation sites is 1. The van der Waals surface area contributed by atoms with Crippen LogP contribution < -0.4 is 15.8 Å². The van der Waals surface area contributed by atoms with Gasteiger partial charge in [-0.2, -0.15) is 0 Å². The van der Waals surface area contributed by atoms with Gasteiger partial charge in [0.15, 0.2) is 6.61 Å². The zero-order valence-electron chi connectivity index (χ0n) is 14.9. The maximum atomic E-state index is 12.2. The van der Waals surface area contributed by atoms with Gasteiger partial charge in [-0.05, 0) is 36.4 Å². The molecule has 1 aromatic heterocycles. The summed E-state index contributed by atoms with van der Waals surface area (Å²) < 4.78 is 11.0. The van der Waals surface area contributed by atoms with Crippen molar-refractivity contribution in [2.75, 3.05) is 11.9 Å². The third-order valence-electron chi connectivity index (χ3n) is 3.94. The largest absolute Gasteiger partial charge is 0.484 e. The lowest BCUT2D eigenvalue weighted by molar-refractivity contribution is -0.120. The Hall–Kier alpha value is -3.54. The fourth-order valence-corrected chi connectivity index (χ4v) is 2.69. The van der Waals surface area contributed by atoms with E-state index >= 15 is 0 Å². The molecule has 2 amide bonds. The van der Waals surface area contributed by atoms with Gasteiger partial charge in [-0.3, -0.25) is 9.59 Å². The molecule has 0 saturated carbocycles. The topological polar surface area (TPSA) is 94.6 Å². The highest BCUT2D eigenvalue weighted by atomic mass is 16.5. The van der Waals surface area contributed by atoms with Crippen LogP contribution in [0.25, 0.3) is 17.0 Å². The van der Waals surface area contributed by atoms with Crippen LogP contribution in [0.5, 0.6) is 5.75 Å². The zero-order chi connectivity index (χ0) is 19.2. The van der Waals surface area contributed by atoms with E-state index in [2.05, 4.69) is 5.32 Å². The molecule has 6 heteroatoms. The van der Waals surface area contributed by atoms with E-state index in [1.807, 2.05) is 31.2 Å². The Morgan fingerprint density at radius 3 is 2.59 bits per heavy atom. The van der Waals surface area contributed by atoms with E-state index in [9.17, 15) is 9.59 Å². The predicted molar refractivity (Wildman–Crippen MR) is 104 cm³/mol. The van der Waals surface area contributed by atoms with Gasteiger partial charge >= 0.3 is 0 Å². The summed E-state index contributed by atoms with van der Waals surface area (Å²) in [6.07, 6.45) is 3.99. The maximum Gasteiger partial charge on any atom is 0.255 e. The monoisotopic (exact) mass is 364 g/mol. The molecule has 3 rings (SSSR count). The van der Waals surface area contributed by atoms with Gasteiger partial charge in [0.25, 0.3) is 5.91 Å². The fourth-order valence-electron chi connectivity index (χ4n) is 2.69. The van der Waals surface area contributed by atoms with Gasteiger partial charge in [0, 0.05) is 29.1 Å². The van der Waals surface area contributed by atoms with Crippen molar-refractivity contribution in [2.45, 2.75) is 13.3 Å². The highest BCUT2D eigenvalue weighted by Crippen LogP contribution is 2.27. The van der Waals surface area contributed by atoms with Crippen molar-refractivity contribution in [1.29, 1.82) is 0 Å².